The largest absolute Gasteiger partial charge is 0.382 e. The molecule has 2 unspecified atom stereocenters. The molecule has 0 aromatic carbocycles. The first kappa shape index (κ1) is 67.3. The van der Waals surface area contributed by atoms with Crippen LogP contribution >= 0.6 is 15.2 Å². The highest BCUT2D eigenvalue weighted by molar-refractivity contribution is 7.52. The van der Waals surface area contributed by atoms with Gasteiger partial charge in [0.25, 0.3) is 0 Å². The van der Waals surface area contributed by atoms with Crippen LogP contribution in [0.1, 0.15) is 245 Å². The minimum Gasteiger partial charge on any atom is -0.382 e. The van der Waals surface area contributed by atoms with Crippen LogP contribution in [-0.4, -0.2) is 86.9 Å². The van der Waals surface area contributed by atoms with Gasteiger partial charge in [-0.15, -0.1) is 5.92 Å². The first-order chi connectivity index (χ1) is 38.9. The smallest absolute Gasteiger partial charge is 0.353 e. The van der Waals surface area contributed by atoms with Crippen molar-refractivity contribution < 1.29 is 37.4 Å². The van der Waals surface area contributed by atoms with Crippen LogP contribution in [-0.2, 0) is 40.7 Å². The Morgan fingerprint density at radius 3 is 1.25 bits per heavy atom. The molecule has 4 atom stereocenters. The molecule has 452 valence electrons. The number of aromatic nitrogens is 8. The second kappa shape index (κ2) is 39.9. The van der Waals surface area contributed by atoms with E-state index in [1.807, 2.05) is 13.8 Å². The number of hydrogen-bond donors (Lipinski definition) is 4. The van der Waals surface area contributed by atoms with Crippen LogP contribution in [0.5, 0.6) is 0 Å². The van der Waals surface area contributed by atoms with Crippen LogP contribution in [0.3, 0.4) is 0 Å². The average molecular weight is 1160 g/mol. The van der Waals surface area contributed by atoms with Crippen molar-refractivity contribution in [2.24, 2.45) is 11.8 Å². The van der Waals surface area contributed by atoms with Crippen LogP contribution in [0.4, 0.5) is 11.6 Å². The van der Waals surface area contributed by atoms with Gasteiger partial charge in [0.05, 0.1) is 51.2 Å². The van der Waals surface area contributed by atoms with Crippen LogP contribution < -0.4 is 11.5 Å². The summed E-state index contributed by atoms with van der Waals surface area (Å²) < 4.78 is 49.9. The molecule has 4 aromatic rings. The molecular weight excluding hydrogens is 1050 g/mol. The number of nitrogen functional groups attached to an aromatic ring is 2. The van der Waals surface area contributed by atoms with Gasteiger partial charge in [0.2, 0.25) is 0 Å². The fourth-order valence-electron chi connectivity index (χ4n) is 10.3. The lowest BCUT2D eigenvalue weighted by Crippen LogP contribution is -2.17. The van der Waals surface area contributed by atoms with Gasteiger partial charge in [-0.3, -0.25) is 9.13 Å². The molecule has 18 nitrogen and oxygen atoms in total. The minimum atomic E-state index is -3.78. The Morgan fingerprint density at radius 1 is 0.525 bits per heavy atom. The summed E-state index contributed by atoms with van der Waals surface area (Å²) in [6.45, 7) is 5.06. The van der Waals surface area contributed by atoms with E-state index in [1.165, 1.54) is 199 Å². The third-order valence-electron chi connectivity index (χ3n) is 15.7. The molecule has 0 aliphatic heterocycles. The Balaban J connectivity index is 0.000000294. The third-order valence-corrected chi connectivity index (χ3v) is 17.9. The van der Waals surface area contributed by atoms with E-state index in [2.05, 4.69) is 41.7 Å². The molecule has 2 aliphatic carbocycles. The van der Waals surface area contributed by atoms with Crippen molar-refractivity contribution in [2.45, 2.75) is 270 Å². The molecule has 0 amide bonds. The Hall–Kier alpha value is -3.52. The number of hydrogen-bond acceptors (Lipinski definition) is 14. The van der Waals surface area contributed by atoms with Gasteiger partial charge in [-0.1, -0.05) is 199 Å². The molecular formula is C60H104N10O8P2. The summed E-state index contributed by atoms with van der Waals surface area (Å²) in [5.74, 6) is 9.22. The van der Waals surface area contributed by atoms with E-state index in [4.69, 9.17) is 30.0 Å². The first-order valence-corrected chi connectivity index (χ1v) is 34.9. The SMILES string of the molecule is C[C@H](Cn1cnc2c(N)ncnc21)OCP(=O)(O)OCCCCCCCCCCCCCCCC#CC1CCC1.C[C@H](Cn1cnc2c(N)ncnc21)OCP(=O)(O)OCCCCCCCCCCCCCCCCCC1CCC1. The van der Waals surface area contributed by atoms with E-state index < -0.39 is 15.2 Å². The Bertz CT molecular complexity index is 2420. The average Bonchev–Trinajstić information content (AvgIpc) is 4.08. The van der Waals surface area contributed by atoms with Crippen LogP contribution in [0, 0.1) is 23.7 Å². The predicted molar refractivity (Wildman–Crippen MR) is 323 cm³/mol. The van der Waals surface area contributed by atoms with Gasteiger partial charge in [-0.05, 0) is 51.9 Å². The van der Waals surface area contributed by atoms with Crippen molar-refractivity contribution >= 4 is 49.2 Å². The highest BCUT2D eigenvalue weighted by Gasteiger charge is 2.24. The molecule has 0 saturated heterocycles. The summed E-state index contributed by atoms with van der Waals surface area (Å²) in [5.41, 5.74) is 13.9. The van der Waals surface area contributed by atoms with Crippen LogP contribution in [0.2, 0.25) is 0 Å². The van der Waals surface area contributed by atoms with Gasteiger partial charge in [-0.2, -0.15) is 0 Å². The molecule has 0 radical (unpaired) electrons. The summed E-state index contributed by atoms with van der Waals surface area (Å²) in [5, 5.41) is 0. The fourth-order valence-corrected chi connectivity index (χ4v) is 12.2. The number of nitrogens with two attached hydrogens (primary N) is 2. The number of ether oxygens (including phenoxy) is 2. The van der Waals surface area contributed by atoms with E-state index in [9.17, 15) is 18.9 Å². The molecule has 2 saturated carbocycles. The third kappa shape index (κ3) is 28.6. The Kier molecular flexibility index (Phi) is 33.5. The lowest BCUT2D eigenvalue weighted by Gasteiger charge is -2.24. The summed E-state index contributed by atoms with van der Waals surface area (Å²) in [4.78, 5) is 44.9. The topological polar surface area (TPSA) is 251 Å². The number of imidazole rings is 2. The van der Waals surface area contributed by atoms with E-state index in [0.29, 0.717) is 47.1 Å². The van der Waals surface area contributed by atoms with Crippen molar-refractivity contribution in [2.75, 3.05) is 37.4 Å². The van der Waals surface area contributed by atoms with E-state index in [-0.39, 0.29) is 38.1 Å². The van der Waals surface area contributed by atoms with E-state index in [0.717, 1.165) is 56.8 Å². The molecule has 6 N–H and O–H groups in total. The summed E-state index contributed by atoms with van der Waals surface area (Å²) in [6.07, 6.45) is 51.5. The summed E-state index contributed by atoms with van der Waals surface area (Å²) in [7, 11) is -7.56. The number of fused-ring (bicyclic) bond motifs is 2. The zero-order chi connectivity index (χ0) is 56.9. The van der Waals surface area contributed by atoms with Gasteiger partial charge in [0.1, 0.15) is 36.4 Å². The number of unbranched alkanes of at least 4 members (excludes halogenated alkanes) is 27. The molecule has 2 fully saturated rings. The molecule has 6 rings (SSSR count). The van der Waals surface area contributed by atoms with Gasteiger partial charge < -0.3 is 48.9 Å². The lowest BCUT2D eigenvalue weighted by atomic mass is 9.81. The molecule has 20 heteroatoms. The molecule has 4 heterocycles. The maximum atomic E-state index is 12.3. The zero-order valence-corrected chi connectivity index (χ0v) is 51.1. The van der Waals surface area contributed by atoms with Crippen molar-refractivity contribution in [3.8, 4) is 11.8 Å². The zero-order valence-electron chi connectivity index (χ0n) is 49.3. The standard InChI is InChI=1S/C30H54N5O4P.C30H50N5O4P/c2*1-26(22-35-24-34-28-29(31)32-23-33-30(28)35)38-25-40(36,37)39-21-16-14-12-10-8-6-4-2-3-5-7-9-11-13-15-18-27-19-17-20-27/h23-24,26-27H,2-22,25H2,1H3,(H,36,37)(H2,31,32,33);23-24,26-27H,2-14,16-17,19-22,25H2,1H3,(H,36,37)(H2,31,32,33)/t2*26-/m11/s1. The normalized spacial score (nSPS) is 16.1. The summed E-state index contributed by atoms with van der Waals surface area (Å²) in [6, 6.07) is 0. The second-order valence-electron chi connectivity index (χ2n) is 23.0. The maximum absolute atomic E-state index is 12.3. The number of rotatable bonds is 45. The predicted octanol–water partition coefficient (Wildman–Crippen LogP) is 15.3. The number of nitrogens with zero attached hydrogens (tertiary/aromatic N) is 8. The molecule has 2 aliphatic rings. The minimum absolute atomic E-state index is 0.279. The Labute approximate surface area is 480 Å². The van der Waals surface area contributed by atoms with Gasteiger partial charge in [-0.25, -0.2) is 29.9 Å². The molecule has 80 heavy (non-hydrogen) atoms. The lowest BCUT2D eigenvalue weighted by molar-refractivity contribution is 0.0715. The summed E-state index contributed by atoms with van der Waals surface area (Å²) >= 11 is 0. The van der Waals surface area contributed by atoms with E-state index in [1.54, 1.807) is 21.8 Å². The van der Waals surface area contributed by atoms with Gasteiger partial charge in [0.15, 0.2) is 22.9 Å². The Morgan fingerprint density at radius 2 is 0.887 bits per heavy atom. The number of anilines is 2. The van der Waals surface area contributed by atoms with Crippen molar-refractivity contribution in [3.63, 3.8) is 0 Å². The highest BCUT2D eigenvalue weighted by atomic mass is 31.2. The second-order valence-corrected chi connectivity index (χ2v) is 26.6. The van der Waals surface area contributed by atoms with Gasteiger partial charge >= 0.3 is 15.2 Å². The van der Waals surface area contributed by atoms with Crippen LogP contribution in [0.15, 0.2) is 25.3 Å². The van der Waals surface area contributed by atoms with Crippen molar-refractivity contribution in [1.29, 1.82) is 0 Å². The molecule has 0 bridgehead atoms. The van der Waals surface area contributed by atoms with Gasteiger partial charge in [0, 0.05) is 12.3 Å². The van der Waals surface area contributed by atoms with Crippen molar-refractivity contribution in [1.82, 2.24) is 39.0 Å². The quantitative estimate of drug-likeness (QED) is 0.0182. The molecule has 4 aromatic heterocycles. The van der Waals surface area contributed by atoms with Crippen molar-refractivity contribution in [3.05, 3.63) is 25.3 Å². The van der Waals surface area contributed by atoms with E-state index >= 15 is 0 Å². The van der Waals surface area contributed by atoms with Crippen LogP contribution in [0.25, 0.3) is 22.3 Å². The molecule has 0 spiro atoms. The monoisotopic (exact) mass is 1150 g/mol. The first-order valence-electron chi connectivity index (χ1n) is 31.4. The highest BCUT2D eigenvalue weighted by Crippen LogP contribution is 2.43. The maximum Gasteiger partial charge on any atom is 0.353 e. The fraction of sp³-hybridized carbons (Fsp3) is 0.800.